The first-order chi connectivity index (χ1) is 6.83. The van der Waals surface area contributed by atoms with Crippen molar-refractivity contribution in [2.24, 2.45) is 0 Å². The Bertz CT molecular complexity index is 494. The number of halogens is 1. The molecule has 15 heavy (non-hydrogen) atoms. The van der Waals surface area contributed by atoms with Gasteiger partial charge in [0.15, 0.2) is 0 Å². The molecule has 0 atom stereocenters. The summed E-state index contributed by atoms with van der Waals surface area (Å²) in [7, 11) is -3.49. The van der Waals surface area contributed by atoms with Crippen molar-refractivity contribution >= 4 is 26.0 Å². The van der Waals surface area contributed by atoms with Crippen LogP contribution in [0, 0.1) is 6.92 Å². The summed E-state index contributed by atoms with van der Waals surface area (Å²) >= 11 is 3.24. The number of rotatable bonds is 3. The quantitative estimate of drug-likeness (QED) is 0.930. The Morgan fingerprint density at radius 2 is 2.07 bits per heavy atom. The predicted octanol–water partition coefficient (Wildman–Crippen LogP) is 2.57. The normalized spacial score (nSPS) is 11.1. The molecule has 0 saturated carbocycles. The fraction of sp³-hybridized carbons (Fsp3) is 0.200. The Labute approximate surface area is 98.4 Å². The molecule has 0 saturated heterocycles. The lowest BCUT2D eigenvalue weighted by Crippen LogP contribution is -2.22. The molecular formula is C10H12BrNO2S. The van der Waals surface area contributed by atoms with E-state index in [1.54, 1.807) is 32.0 Å². The minimum atomic E-state index is -3.49. The molecular weight excluding hydrogens is 278 g/mol. The maximum Gasteiger partial charge on any atom is 0.261 e. The lowest BCUT2D eigenvalue weighted by molar-refractivity contribution is 0.588. The number of hydrogen-bond acceptors (Lipinski definition) is 2. The zero-order chi connectivity index (χ0) is 11.6. The predicted molar refractivity (Wildman–Crippen MR) is 64.0 cm³/mol. The molecule has 0 heterocycles. The van der Waals surface area contributed by atoms with E-state index in [-0.39, 0.29) is 4.90 Å². The second-order valence-electron chi connectivity index (χ2n) is 3.30. The van der Waals surface area contributed by atoms with Crippen LogP contribution in [0.4, 0.5) is 0 Å². The third-order valence-corrected chi connectivity index (χ3v) is 3.88. The van der Waals surface area contributed by atoms with Crippen LogP contribution in [-0.2, 0) is 10.0 Å². The molecule has 0 aliphatic rings. The van der Waals surface area contributed by atoms with Crippen molar-refractivity contribution in [2.45, 2.75) is 18.7 Å². The van der Waals surface area contributed by atoms with Crippen LogP contribution in [0.5, 0.6) is 0 Å². The van der Waals surface area contributed by atoms with Gasteiger partial charge >= 0.3 is 0 Å². The van der Waals surface area contributed by atoms with Crippen LogP contribution in [0.15, 0.2) is 39.8 Å². The van der Waals surface area contributed by atoms with Gasteiger partial charge in [-0.2, -0.15) is 0 Å². The van der Waals surface area contributed by atoms with Crippen LogP contribution < -0.4 is 4.72 Å². The van der Waals surface area contributed by atoms with E-state index < -0.39 is 10.0 Å². The van der Waals surface area contributed by atoms with E-state index in [2.05, 4.69) is 27.2 Å². The van der Waals surface area contributed by atoms with Gasteiger partial charge in [0.05, 0.1) is 4.90 Å². The SMILES string of the molecule is C=C(C)NS(=O)(=O)c1cc(Br)ccc1C. The number of sulfonamides is 1. The Hall–Kier alpha value is -0.810. The highest BCUT2D eigenvalue weighted by molar-refractivity contribution is 9.10. The third-order valence-electron chi connectivity index (χ3n) is 1.75. The van der Waals surface area contributed by atoms with Crippen molar-refractivity contribution in [3.8, 4) is 0 Å². The van der Waals surface area contributed by atoms with Gasteiger partial charge < -0.3 is 0 Å². The second-order valence-corrected chi connectivity index (χ2v) is 5.86. The first-order valence-electron chi connectivity index (χ1n) is 4.27. The summed E-state index contributed by atoms with van der Waals surface area (Å²) in [4.78, 5) is 0.264. The Morgan fingerprint density at radius 3 is 2.60 bits per heavy atom. The zero-order valence-corrected chi connectivity index (χ0v) is 10.9. The summed E-state index contributed by atoms with van der Waals surface area (Å²) in [6, 6.07) is 5.12. The van der Waals surface area contributed by atoms with E-state index in [0.717, 1.165) is 4.47 Å². The number of nitrogens with one attached hydrogen (secondary N) is 1. The molecule has 1 N–H and O–H groups in total. The lowest BCUT2D eigenvalue weighted by Gasteiger charge is -2.09. The molecule has 0 fully saturated rings. The Kier molecular flexibility index (Phi) is 3.57. The van der Waals surface area contributed by atoms with E-state index in [0.29, 0.717) is 11.3 Å². The molecule has 0 amide bonds. The van der Waals surface area contributed by atoms with E-state index in [1.165, 1.54) is 0 Å². The van der Waals surface area contributed by atoms with Crippen LogP contribution in [0.3, 0.4) is 0 Å². The number of hydrogen-bond donors (Lipinski definition) is 1. The average Bonchev–Trinajstić information content (AvgIpc) is 2.06. The van der Waals surface area contributed by atoms with Gasteiger partial charge in [0, 0.05) is 10.2 Å². The fourth-order valence-electron chi connectivity index (χ4n) is 1.15. The molecule has 82 valence electrons. The number of allylic oxidation sites excluding steroid dienone is 1. The fourth-order valence-corrected chi connectivity index (χ4v) is 3.00. The molecule has 0 spiro atoms. The minimum Gasteiger partial charge on any atom is -0.284 e. The summed E-state index contributed by atoms with van der Waals surface area (Å²) in [6.45, 7) is 6.87. The summed E-state index contributed by atoms with van der Waals surface area (Å²) in [5, 5.41) is 0. The van der Waals surface area contributed by atoms with Crippen LogP contribution in [-0.4, -0.2) is 8.42 Å². The summed E-state index contributed by atoms with van der Waals surface area (Å²) < 4.78 is 26.7. The first-order valence-corrected chi connectivity index (χ1v) is 6.55. The summed E-state index contributed by atoms with van der Waals surface area (Å²) in [6.07, 6.45) is 0. The molecule has 3 nitrogen and oxygen atoms in total. The van der Waals surface area contributed by atoms with E-state index >= 15 is 0 Å². The Balaban J connectivity index is 3.26. The first kappa shape index (κ1) is 12.3. The molecule has 1 aromatic rings. The highest BCUT2D eigenvalue weighted by Gasteiger charge is 2.16. The molecule has 0 aliphatic carbocycles. The van der Waals surface area contributed by atoms with Crippen molar-refractivity contribution < 1.29 is 8.42 Å². The lowest BCUT2D eigenvalue weighted by atomic mass is 10.2. The molecule has 1 rings (SSSR count). The zero-order valence-electron chi connectivity index (χ0n) is 8.54. The van der Waals surface area contributed by atoms with Gasteiger partial charge in [-0.15, -0.1) is 0 Å². The summed E-state index contributed by atoms with van der Waals surface area (Å²) in [5.74, 6) is 0. The number of benzene rings is 1. The molecule has 0 bridgehead atoms. The van der Waals surface area contributed by atoms with Crippen LogP contribution in [0.1, 0.15) is 12.5 Å². The van der Waals surface area contributed by atoms with Crippen LogP contribution in [0.2, 0.25) is 0 Å². The molecule has 0 radical (unpaired) electrons. The van der Waals surface area contributed by atoms with Gasteiger partial charge in [0.2, 0.25) is 0 Å². The van der Waals surface area contributed by atoms with E-state index in [9.17, 15) is 8.42 Å². The maximum atomic E-state index is 11.8. The summed E-state index contributed by atoms with van der Waals surface area (Å²) in [5.41, 5.74) is 1.10. The highest BCUT2D eigenvalue weighted by atomic mass is 79.9. The smallest absolute Gasteiger partial charge is 0.261 e. The van der Waals surface area contributed by atoms with Gasteiger partial charge in [0.25, 0.3) is 10.0 Å². The van der Waals surface area contributed by atoms with Crippen molar-refractivity contribution in [2.75, 3.05) is 0 Å². The molecule has 0 aromatic heterocycles. The van der Waals surface area contributed by atoms with Crippen molar-refractivity contribution in [1.29, 1.82) is 0 Å². The maximum absolute atomic E-state index is 11.8. The van der Waals surface area contributed by atoms with Crippen molar-refractivity contribution in [1.82, 2.24) is 4.72 Å². The molecule has 1 aromatic carbocycles. The van der Waals surface area contributed by atoms with E-state index in [4.69, 9.17) is 0 Å². The van der Waals surface area contributed by atoms with E-state index in [1.807, 2.05) is 0 Å². The topological polar surface area (TPSA) is 46.2 Å². The van der Waals surface area contributed by atoms with Crippen LogP contribution >= 0.6 is 15.9 Å². The van der Waals surface area contributed by atoms with Gasteiger partial charge in [-0.3, -0.25) is 4.72 Å². The second kappa shape index (κ2) is 4.37. The van der Waals surface area contributed by atoms with Gasteiger partial charge in [-0.05, 0) is 31.5 Å². The van der Waals surface area contributed by atoms with Crippen LogP contribution in [0.25, 0.3) is 0 Å². The molecule has 0 aliphatic heterocycles. The highest BCUT2D eigenvalue weighted by Crippen LogP contribution is 2.20. The van der Waals surface area contributed by atoms with Gasteiger partial charge in [-0.25, -0.2) is 8.42 Å². The number of aryl methyl sites for hydroxylation is 1. The van der Waals surface area contributed by atoms with Crippen molar-refractivity contribution in [3.05, 3.63) is 40.5 Å². The van der Waals surface area contributed by atoms with Crippen molar-refractivity contribution in [3.63, 3.8) is 0 Å². The van der Waals surface area contributed by atoms with Gasteiger partial charge in [-0.1, -0.05) is 28.6 Å². The monoisotopic (exact) mass is 289 g/mol. The van der Waals surface area contributed by atoms with Gasteiger partial charge in [0.1, 0.15) is 0 Å². The standard InChI is InChI=1S/C10H12BrNO2S/c1-7(2)12-15(13,14)10-6-9(11)5-4-8(10)3/h4-6,12H,1H2,2-3H3. The minimum absolute atomic E-state index is 0.264. The Morgan fingerprint density at radius 1 is 1.47 bits per heavy atom. The average molecular weight is 290 g/mol. The molecule has 5 heteroatoms. The molecule has 0 unspecified atom stereocenters. The largest absolute Gasteiger partial charge is 0.284 e. The third kappa shape index (κ3) is 3.07.